The van der Waals surface area contributed by atoms with Gasteiger partial charge in [-0.3, -0.25) is 4.79 Å². The summed E-state index contributed by atoms with van der Waals surface area (Å²) in [5.41, 5.74) is 1.67. The van der Waals surface area contributed by atoms with Crippen LogP contribution in [0.1, 0.15) is 18.2 Å². The number of nitrogens with zero attached hydrogens (tertiary/aromatic N) is 3. The molecular weight excluding hydrogens is 334 g/mol. The molecule has 0 bridgehead atoms. The van der Waals surface area contributed by atoms with E-state index in [2.05, 4.69) is 10.1 Å². The zero-order valence-electron chi connectivity index (χ0n) is 13.8. The van der Waals surface area contributed by atoms with Crippen LogP contribution in [-0.4, -0.2) is 29.4 Å². The molecule has 3 heterocycles. The second-order valence-corrected chi connectivity index (χ2v) is 6.27. The van der Waals surface area contributed by atoms with Crippen LogP contribution < -0.4 is 14.4 Å². The van der Waals surface area contributed by atoms with Gasteiger partial charge in [0.15, 0.2) is 11.5 Å². The summed E-state index contributed by atoms with van der Waals surface area (Å²) in [5, 5.41) is 4.05. The van der Waals surface area contributed by atoms with Gasteiger partial charge >= 0.3 is 0 Å². The number of anilines is 1. The molecule has 5 rings (SSSR count). The van der Waals surface area contributed by atoms with Crippen molar-refractivity contribution in [2.45, 2.75) is 12.3 Å². The van der Waals surface area contributed by atoms with Crippen LogP contribution in [0, 0.1) is 0 Å². The number of carbonyl (C=O) groups excluding carboxylic acids is 1. The molecular formula is C19H15N3O4. The smallest absolute Gasteiger partial charge is 0.232 e. The van der Waals surface area contributed by atoms with Crippen molar-refractivity contribution in [3.05, 3.63) is 54.4 Å². The van der Waals surface area contributed by atoms with Crippen molar-refractivity contribution in [2.75, 3.05) is 18.2 Å². The number of amides is 1. The van der Waals surface area contributed by atoms with E-state index < -0.39 is 0 Å². The summed E-state index contributed by atoms with van der Waals surface area (Å²) in [4.78, 5) is 18.7. The SMILES string of the molecule is O=C1C[C@H](c2nc(-c3ccccc3)no2)CN1c1ccc2c(c1)OCO2. The lowest BCUT2D eigenvalue weighted by Gasteiger charge is -2.16. The largest absolute Gasteiger partial charge is 0.454 e. The maximum Gasteiger partial charge on any atom is 0.232 e. The van der Waals surface area contributed by atoms with Crippen molar-refractivity contribution < 1.29 is 18.8 Å². The van der Waals surface area contributed by atoms with Gasteiger partial charge in [-0.25, -0.2) is 0 Å². The summed E-state index contributed by atoms with van der Waals surface area (Å²) in [6.45, 7) is 0.703. The number of hydrogen-bond donors (Lipinski definition) is 0. The van der Waals surface area contributed by atoms with Crippen LogP contribution >= 0.6 is 0 Å². The van der Waals surface area contributed by atoms with Crippen molar-refractivity contribution in [3.8, 4) is 22.9 Å². The van der Waals surface area contributed by atoms with Gasteiger partial charge in [0.25, 0.3) is 0 Å². The highest BCUT2D eigenvalue weighted by atomic mass is 16.7. The summed E-state index contributed by atoms with van der Waals surface area (Å²) in [6.07, 6.45) is 0.338. The minimum atomic E-state index is -0.127. The predicted molar refractivity (Wildman–Crippen MR) is 92.0 cm³/mol. The van der Waals surface area contributed by atoms with Crippen LogP contribution in [0.15, 0.2) is 53.1 Å². The second kappa shape index (κ2) is 5.87. The molecule has 3 aromatic rings. The Bertz CT molecular complexity index is 970. The maximum atomic E-state index is 12.5. The van der Waals surface area contributed by atoms with E-state index in [9.17, 15) is 4.79 Å². The van der Waals surface area contributed by atoms with Crippen molar-refractivity contribution in [1.82, 2.24) is 10.1 Å². The topological polar surface area (TPSA) is 77.7 Å². The van der Waals surface area contributed by atoms with Gasteiger partial charge in [-0.1, -0.05) is 35.5 Å². The number of carbonyl (C=O) groups is 1. The molecule has 1 amide bonds. The van der Waals surface area contributed by atoms with E-state index >= 15 is 0 Å². The van der Waals surface area contributed by atoms with Crippen molar-refractivity contribution in [2.24, 2.45) is 0 Å². The summed E-state index contributed by atoms with van der Waals surface area (Å²) in [5.74, 6) is 2.27. The molecule has 0 spiro atoms. The van der Waals surface area contributed by atoms with Crippen LogP contribution in [0.4, 0.5) is 5.69 Å². The minimum Gasteiger partial charge on any atom is -0.454 e. The average Bonchev–Trinajstić information content (AvgIpc) is 3.41. The number of fused-ring (bicyclic) bond motifs is 1. The van der Waals surface area contributed by atoms with Gasteiger partial charge in [0, 0.05) is 30.3 Å². The fourth-order valence-electron chi connectivity index (χ4n) is 3.28. The molecule has 0 N–H and O–H groups in total. The molecule has 7 nitrogen and oxygen atoms in total. The number of aromatic nitrogens is 2. The molecule has 1 fully saturated rings. The van der Waals surface area contributed by atoms with Crippen molar-refractivity contribution >= 4 is 11.6 Å². The highest BCUT2D eigenvalue weighted by Gasteiger charge is 2.35. The molecule has 1 saturated heterocycles. The Balaban J connectivity index is 1.38. The molecule has 2 aliphatic rings. The molecule has 1 aromatic heterocycles. The third-order valence-corrected chi connectivity index (χ3v) is 4.62. The number of rotatable bonds is 3. The van der Waals surface area contributed by atoms with Crippen LogP contribution in [0.2, 0.25) is 0 Å². The maximum absolute atomic E-state index is 12.5. The summed E-state index contributed by atoms with van der Waals surface area (Å²) < 4.78 is 16.1. The lowest BCUT2D eigenvalue weighted by Crippen LogP contribution is -2.24. The molecule has 2 aromatic carbocycles. The Morgan fingerprint density at radius 1 is 1.04 bits per heavy atom. The molecule has 130 valence electrons. The monoisotopic (exact) mass is 349 g/mol. The van der Waals surface area contributed by atoms with E-state index in [1.54, 1.807) is 4.90 Å². The Morgan fingerprint density at radius 3 is 2.77 bits per heavy atom. The van der Waals surface area contributed by atoms with Gasteiger partial charge < -0.3 is 18.9 Å². The van der Waals surface area contributed by atoms with Crippen LogP contribution in [0.5, 0.6) is 11.5 Å². The first-order valence-corrected chi connectivity index (χ1v) is 8.37. The highest BCUT2D eigenvalue weighted by Crippen LogP contribution is 2.38. The lowest BCUT2D eigenvalue weighted by atomic mass is 10.1. The first-order valence-electron chi connectivity index (χ1n) is 8.37. The molecule has 7 heteroatoms. The van der Waals surface area contributed by atoms with Crippen LogP contribution in [-0.2, 0) is 4.79 Å². The Kier molecular flexibility index (Phi) is 3.38. The van der Waals surface area contributed by atoms with Gasteiger partial charge in [0.05, 0.1) is 5.92 Å². The third kappa shape index (κ3) is 2.48. The number of hydrogen-bond acceptors (Lipinski definition) is 6. The van der Waals surface area contributed by atoms with Gasteiger partial charge in [-0.15, -0.1) is 0 Å². The summed E-state index contributed by atoms with van der Waals surface area (Å²) in [7, 11) is 0. The molecule has 1 atom stereocenters. The Hall–Kier alpha value is -3.35. The van der Waals surface area contributed by atoms with Crippen LogP contribution in [0.25, 0.3) is 11.4 Å². The van der Waals surface area contributed by atoms with E-state index in [1.807, 2.05) is 48.5 Å². The molecule has 2 aliphatic heterocycles. The van der Waals surface area contributed by atoms with Crippen LogP contribution in [0.3, 0.4) is 0 Å². The zero-order chi connectivity index (χ0) is 17.5. The lowest BCUT2D eigenvalue weighted by molar-refractivity contribution is -0.117. The highest BCUT2D eigenvalue weighted by molar-refractivity contribution is 5.96. The van der Waals surface area contributed by atoms with Gasteiger partial charge in [-0.05, 0) is 12.1 Å². The van der Waals surface area contributed by atoms with Crippen molar-refractivity contribution in [1.29, 1.82) is 0 Å². The number of benzene rings is 2. The average molecular weight is 349 g/mol. The fourth-order valence-corrected chi connectivity index (χ4v) is 3.28. The zero-order valence-corrected chi connectivity index (χ0v) is 13.8. The predicted octanol–water partition coefficient (Wildman–Crippen LogP) is 2.99. The molecule has 0 aliphatic carbocycles. The molecule has 0 saturated carbocycles. The van der Waals surface area contributed by atoms with E-state index in [0.29, 0.717) is 36.2 Å². The Labute approximate surface area is 149 Å². The quantitative estimate of drug-likeness (QED) is 0.723. The van der Waals surface area contributed by atoms with E-state index in [0.717, 1.165) is 11.3 Å². The minimum absolute atomic E-state index is 0.0216. The van der Waals surface area contributed by atoms with E-state index in [4.69, 9.17) is 14.0 Å². The molecule has 0 unspecified atom stereocenters. The second-order valence-electron chi connectivity index (χ2n) is 6.27. The van der Waals surface area contributed by atoms with E-state index in [1.165, 1.54) is 0 Å². The normalized spacial score (nSPS) is 18.5. The molecule has 0 radical (unpaired) electrons. The Morgan fingerprint density at radius 2 is 1.88 bits per heavy atom. The summed E-state index contributed by atoms with van der Waals surface area (Å²) in [6, 6.07) is 15.1. The van der Waals surface area contributed by atoms with Gasteiger partial charge in [-0.2, -0.15) is 4.98 Å². The first kappa shape index (κ1) is 14.9. The molecule has 26 heavy (non-hydrogen) atoms. The fraction of sp³-hybridized carbons (Fsp3) is 0.211. The van der Waals surface area contributed by atoms with E-state index in [-0.39, 0.29) is 18.6 Å². The first-order chi connectivity index (χ1) is 12.8. The third-order valence-electron chi connectivity index (χ3n) is 4.62. The van der Waals surface area contributed by atoms with Gasteiger partial charge in [0.2, 0.25) is 24.4 Å². The standard InChI is InChI=1S/C19H15N3O4/c23-17-8-13(19-20-18(21-26-19)12-4-2-1-3-5-12)10-22(17)14-6-7-15-16(9-14)25-11-24-15/h1-7,9,13H,8,10-11H2/t13-/m0/s1. The van der Waals surface area contributed by atoms with Crippen molar-refractivity contribution in [3.63, 3.8) is 0 Å². The summed E-state index contributed by atoms with van der Waals surface area (Å²) >= 11 is 0. The number of ether oxygens (including phenoxy) is 2. The van der Waals surface area contributed by atoms with Gasteiger partial charge in [0.1, 0.15) is 0 Å².